The predicted octanol–water partition coefficient (Wildman–Crippen LogP) is 3.07. The van der Waals surface area contributed by atoms with E-state index in [2.05, 4.69) is 34.7 Å². The quantitative estimate of drug-likeness (QED) is 0.589. The van der Waals surface area contributed by atoms with Crippen LogP contribution in [0.5, 0.6) is 0 Å². The highest BCUT2D eigenvalue weighted by Gasteiger charge is 2.24. The van der Waals surface area contributed by atoms with Crippen LogP contribution in [0.4, 0.5) is 0 Å². The maximum absolute atomic E-state index is 11.1. The third-order valence-corrected chi connectivity index (χ3v) is 4.79. The summed E-state index contributed by atoms with van der Waals surface area (Å²) in [5.74, 6) is -0.927. The van der Waals surface area contributed by atoms with Gasteiger partial charge in [-0.1, -0.05) is 42.5 Å². The van der Waals surface area contributed by atoms with E-state index in [1.807, 2.05) is 18.2 Å². The number of aliphatic carboxylic acids is 1. The molecule has 25 heavy (non-hydrogen) atoms. The van der Waals surface area contributed by atoms with Gasteiger partial charge in [-0.2, -0.15) is 0 Å². The molecule has 5 nitrogen and oxygen atoms in total. The monoisotopic (exact) mass is 342 g/mol. The van der Waals surface area contributed by atoms with Gasteiger partial charge in [0.1, 0.15) is 0 Å². The zero-order chi connectivity index (χ0) is 17.5. The highest BCUT2D eigenvalue weighted by Crippen LogP contribution is 2.26. The van der Waals surface area contributed by atoms with Gasteiger partial charge in [0.05, 0.1) is 18.2 Å². The Bertz CT molecular complexity index is 640. The number of rotatable bonds is 7. The fourth-order valence-corrected chi connectivity index (χ4v) is 3.43. The lowest BCUT2D eigenvalue weighted by molar-refractivity contribution is -0.143. The maximum Gasteiger partial charge on any atom is 0.307 e. The maximum atomic E-state index is 11.1. The van der Waals surface area contributed by atoms with E-state index >= 15 is 0 Å². The lowest BCUT2D eigenvalue weighted by Gasteiger charge is -2.30. The van der Waals surface area contributed by atoms with Crippen molar-refractivity contribution in [2.45, 2.75) is 25.7 Å². The molecule has 1 heterocycles. The van der Waals surface area contributed by atoms with Crippen molar-refractivity contribution in [3.63, 3.8) is 0 Å². The van der Waals surface area contributed by atoms with Gasteiger partial charge in [0, 0.05) is 18.7 Å². The molecule has 0 aromatic heterocycles. The molecule has 0 bridgehead atoms. The molecule has 5 heteroatoms. The third kappa shape index (κ3) is 4.94. The fourth-order valence-electron chi connectivity index (χ4n) is 3.43. The highest BCUT2D eigenvalue weighted by molar-refractivity contribution is 5.78. The van der Waals surface area contributed by atoms with E-state index in [0.29, 0.717) is 13.2 Å². The lowest BCUT2D eigenvalue weighted by atomic mass is 9.97. The number of nitrogens with one attached hydrogen (secondary N) is 1. The molecule has 1 fully saturated rings. The molecule has 2 aliphatic rings. The topological polar surface area (TPSA) is 61.8 Å². The summed E-state index contributed by atoms with van der Waals surface area (Å²) in [6.07, 6.45) is 8.18. The Balaban J connectivity index is 1.46. The van der Waals surface area contributed by atoms with Crippen LogP contribution in [0.3, 0.4) is 0 Å². The van der Waals surface area contributed by atoms with E-state index < -0.39 is 5.97 Å². The van der Waals surface area contributed by atoms with Crippen molar-refractivity contribution in [1.29, 1.82) is 0 Å². The summed E-state index contributed by atoms with van der Waals surface area (Å²) in [6.45, 7) is 2.85. The van der Waals surface area contributed by atoms with E-state index in [0.717, 1.165) is 44.5 Å². The largest absolute Gasteiger partial charge is 0.481 e. The van der Waals surface area contributed by atoms with Crippen molar-refractivity contribution in [1.82, 2.24) is 10.4 Å². The number of nitrogens with zero attached hydrogens (tertiary/aromatic N) is 1. The molecule has 1 atom stereocenters. The van der Waals surface area contributed by atoms with Crippen LogP contribution in [0.25, 0.3) is 5.57 Å². The second-order valence-corrected chi connectivity index (χ2v) is 6.61. The molecule has 1 aliphatic carbocycles. The summed E-state index contributed by atoms with van der Waals surface area (Å²) in [7, 11) is 0. The first kappa shape index (κ1) is 17.7. The molecule has 0 radical (unpaired) electrons. The minimum Gasteiger partial charge on any atom is -0.481 e. The van der Waals surface area contributed by atoms with E-state index in [4.69, 9.17) is 9.94 Å². The number of likely N-dealkylation sites (tertiary alicyclic amines) is 1. The number of hydroxylamine groups is 1. The van der Waals surface area contributed by atoms with Gasteiger partial charge < -0.3 is 10.0 Å². The molecule has 1 saturated heterocycles. The molecular weight excluding hydrogens is 316 g/mol. The SMILES string of the molecule is O=C(O)C1CCCN(CCONC2=CCCC=C2c2ccccc2)C1. The molecule has 1 aromatic rings. The summed E-state index contributed by atoms with van der Waals surface area (Å²) in [5, 5.41) is 9.15. The zero-order valence-corrected chi connectivity index (χ0v) is 14.5. The number of benzene rings is 1. The Morgan fingerprint density at radius 3 is 2.84 bits per heavy atom. The molecular formula is C20H26N2O3. The summed E-state index contributed by atoms with van der Waals surface area (Å²) < 4.78 is 0. The van der Waals surface area contributed by atoms with Gasteiger partial charge in [-0.05, 0) is 37.8 Å². The summed E-state index contributed by atoms with van der Waals surface area (Å²) in [6, 6.07) is 10.3. The Morgan fingerprint density at radius 2 is 2.04 bits per heavy atom. The van der Waals surface area contributed by atoms with Crippen LogP contribution >= 0.6 is 0 Å². The molecule has 0 amide bonds. The van der Waals surface area contributed by atoms with Gasteiger partial charge in [0.15, 0.2) is 0 Å². The molecule has 0 saturated carbocycles. The first-order valence-electron chi connectivity index (χ1n) is 9.03. The minimum atomic E-state index is -0.686. The van der Waals surface area contributed by atoms with E-state index in [9.17, 15) is 4.79 Å². The number of hydrogen-bond donors (Lipinski definition) is 2. The van der Waals surface area contributed by atoms with E-state index in [1.165, 1.54) is 11.1 Å². The van der Waals surface area contributed by atoms with Crippen molar-refractivity contribution >= 4 is 11.5 Å². The number of carboxylic acids is 1. The number of carbonyl (C=O) groups is 1. The van der Waals surface area contributed by atoms with Gasteiger partial charge in [0.25, 0.3) is 0 Å². The molecule has 1 unspecified atom stereocenters. The first-order chi connectivity index (χ1) is 12.2. The fraction of sp³-hybridized carbons (Fsp3) is 0.450. The van der Waals surface area contributed by atoms with Crippen molar-refractivity contribution in [3.05, 3.63) is 53.7 Å². The minimum absolute atomic E-state index is 0.240. The van der Waals surface area contributed by atoms with Crippen LogP contribution in [-0.4, -0.2) is 42.2 Å². The third-order valence-electron chi connectivity index (χ3n) is 4.79. The second-order valence-electron chi connectivity index (χ2n) is 6.61. The molecule has 134 valence electrons. The van der Waals surface area contributed by atoms with Crippen molar-refractivity contribution < 1.29 is 14.7 Å². The van der Waals surface area contributed by atoms with Gasteiger partial charge in [-0.25, -0.2) is 0 Å². The van der Waals surface area contributed by atoms with Crippen molar-refractivity contribution in [3.8, 4) is 0 Å². The van der Waals surface area contributed by atoms with Crippen molar-refractivity contribution in [2.75, 3.05) is 26.2 Å². The number of piperidine rings is 1. The van der Waals surface area contributed by atoms with Crippen LogP contribution in [0, 0.1) is 5.92 Å². The molecule has 1 aliphatic heterocycles. The van der Waals surface area contributed by atoms with Crippen LogP contribution in [-0.2, 0) is 9.63 Å². The van der Waals surface area contributed by atoms with Crippen molar-refractivity contribution in [2.24, 2.45) is 5.92 Å². The Hall–Kier alpha value is -2.11. The smallest absolute Gasteiger partial charge is 0.307 e. The second kappa shape index (κ2) is 8.83. The van der Waals surface area contributed by atoms with Gasteiger partial charge in [0.2, 0.25) is 0 Å². The van der Waals surface area contributed by atoms with Gasteiger partial charge in [-0.15, -0.1) is 0 Å². The normalized spacial score (nSPS) is 21.4. The van der Waals surface area contributed by atoms with E-state index in [-0.39, 0.29) is 5.92 Å². The summed E-state index contributed by atoms with van der Waals surface area (Å²) in [5.41, 5.74) is 6.47. The first-order valence-corrected chi connectivity index (χ1v) is 9.03. The zero-order valence-electron chi connectivity index (χ0n) is 14.5. The predicted molar refractivity (Wildman–Crippen MR) is 97.6 cm³/mol. The Kier molecular flexibility index (Phi) is 6.25. The summed E-state index contributed by atoms with van der Waals surface area (Å²) >= 11 is 0. The Labute approximate surface area is 148 Å². The average molecular weight is 342 g/mol. The number of hydrogen-bond acceptors (Lipinski definition) is 4. The molecule has 3 rings (SSSR count). The standard InChI is InChI=1S/C20H26N2O3/c23-20(24)17-9-6-12-22(15-17)13-14-25-21-19-11-5-4-10-18(19)16-7-2-1-3-8-16/h1-3,7-8,10-11,17,21H,4-6,9,12-15H2,(H,23,24). The van der Waals surface area contributed by atoms with Crippen LogP contribution < -0.4 is 5.48 Å². The van der Waals surface area contributed by atoms with E-state index in [1.54, 1.807) is 0 Å². The molecule has 2 N–H and O–H groups in total. The molecule has 0 spiro atoms. The van der Waals surface area contributed by atoms with Gasteiger partial charge in [-0.3, -0.25) is 15.1 Å². The van der Waals surface area contributed by atoms with Crippen LogP contribution in [0.1, 0.15) is 31.2 Å². The number of carboxylic acid groups (broad SMARTS) is 1. The van der Waals surface area contributed by atoms with Crippen LogP contribution in [0.15, 0.2) is 48.2 Å². The Morgan fingerprint density at radius 1 is 1.24 bits per heavy atom. The van der Waals surface area contributed by atoms with Crippen LogP contribution in [0.2, 0.25) is 0 Å². The molecule has 1 aromatic carbocycles. The average Bonchev–Trinajstić information content (AvgIpc) is 2.66. The summed E-state index contributed by atoms with van der Waals surface area (Å²) in [4.78, 5) is 19.0. The highest BCUT2D eigenvalue weighted by atomic mass is 16.6. The number of allylic oxidation sites excluding steroid dienone is 3. The lowest BCUT2D eigenvalue weighted by Crippen LogP contribution is -2.40. The van der Waals surface area contributed by atoms with Gasteiger partial charge >= 0.3 is 5.97 Å².